The van der Waals surface area contributed by atoms with Crippen LogP contribution in [0.15, 0.2) is 11.4 Å². The van der Waals surface area contributed by atoms with Crippen molar-refractivity contribution in [1.82, 2.24) is 9.80 Å². The number of carbonyl (C=O) groups is 1. The standard InChI is InChI=1S/C18H28N2OS/c1-14(2)16-8-13-22-17(16)18(21)20-11-5-6-15(7-12-20)19-9-3-4-10-19/h8,13-15H,3-7,9-12H2,1-2H3/t15-/m1/s1. The normalized spacial score (nSPS) is 24.0. The van der Waals surface area contributed by atoms with E-state index >= 15 is 0 Å². The lowest BCUT2D eigenvalue weighted by atomic mass is 10.0. The van der Waals surface area contributed by atoms with Crippen molar-refractivity contribution in [2.75, 3.05) is 26.2 Å². The summed E-state index contributed by atoms with van der Waals surface area (Å²) in [4.78, 5) is 18.6. The second kappa shape index (κ2) is 7.14. The molecule has 2 fully saturated rings. The topological polar surface area (TPSA) is 23.6 Å². The molecule has 2 aliphatic rings. The van der Waals surface area contributed by atoms with E-state index in [0.29, 0.717) is 12.0 Å². The minimum atomic E-state index is 0.265. The van der Waals surface area contributed by atoms with Gasteiger partial charge in [-0.15, -0.1) is 11.3 Å². The number of nitrogens with zero attached hydrogens (tertiary/aromatic N) is 2. The molecule has 0 bridgehead atoms. The van der Waals surface area contributed by atoms with E-state index in [0.717, 1.165) is 30.8 Å². The highest BCUT2D eigenvalue weighted by molar-refractivity contribution is 7.12. The molecule has 1 aromatic rings. The molecule has 1 amide bonds. The quantitative estimate of drug-likeness (QED) is 0.841. The summed E-state index contributed by atoms with van der Waals surface area (Å²) in [6.45, 7) is 8.73. The first-order valence-electron chi connectivity index (χ1n) is 8.77. The van der Waals surface area contributed by atoms with Crippen molar-refractivity contribution in [1.29, 1.82) is 0 Å². The maximum Gasteiger partial charge on any atom is 0.264 e. The Kier molecular flexibility index (Phi) is 5.19. The number of rotatable bonds is 3. The molecule has 4 heteroatoms. The van der Waals surface area contributed by atoms with Crippen LogP contribution in [0.3, 0.4) is 0 Å². The van der Waals surface area contributed by atoms with Gasteiger partial charge in [-0.2, -0.15) is 0 Å². The monoisotopic (exact) mass is 320 g/mol. The van der Waals surface area contributed by atoms with E-state index in [1.807, 2.05) is 0 Å². The van der Waals surface area contributed by atoms with Crippen LogP contribution in [0.1, 0.15) is 67.1 Å². The van der Waals surface area contributed by atoms with Gasteiger partial charge in [-0.1, -0.05) is 13.8 Å². The van der Waals surface area contributed by atoms with Crippen molar-refractivity contribution in [3.8, 4) is 0 Å². The lowest BCUT2D eigenvalue weighted by molar-refractivity contribution is 0.0761. The molecule has 3 heterocycles. The molecule has 1 aromatic heterocycles. The fraction of sp³-hybridized carbons (Fsp3) is 0.722. The summed E-state index contributed by atoms with van der Waals surface area (Å²) >= 11 is 1.61. The molecule has 1 atom stereocenters. The molecule has 0 aromatic carbocycles. The predicted molar refractivity (Wildman–Crippen MR) is 92.8 cm³/mol. The highest BCUT2D eigenvalue weighted by Gasteiger charge is 2.28. The lowest BCUT2D eigenvalue weighted by Gasteiger charge is -2.26. The van der Waals surface area contributed by atoms with Crippen LogP contribution >= 0.6 is 11.3 Å². The third kappa shape index (κ3) is 3.38. The number of likely N-dealkylation sites (tertiary alicyclic amines) is 2. The molecule has 3 rings (SSSR count). The van der Waals surface area contributed by atoms with Crippen LogP contribution in [-0.4, -0.2) is 47.9 Å². The van der Waals surface area contributed by atoms with Crippen molar-refractivity contribution in [2.24, 2.45) is 0 Å². The zero-order valence-electron chi connectivity index (χ0n) is 13.9. The fourth-order valence-corrected chi connectivity index (χ4v) is 4.87. The lowest BCUT2D eigenvalue weighted by Crippen LogP contribution is -2.35. The summed E-state index contributed by atoms with van der Waals surface area (Å²) in [6.07, 6.45) is 6.26. The largest absolute Gasteiger partial charge is 0.338 e. The van der Waals surface area contributed by atoms with Gasteiger partial charge in [-0.25, -0.2) is 0 Å². The highest BCUT2D eigenvalue weighted by atomic mass is 32.1. The van der Waals surface area contributed by atoms with Gasteiger partial charge in [0.2, 0.25) is 0 Å². The Balaban J connectivity index is 1.65. The molecular formula is C18H28N2OS. The van der Waals surface area contributed by atoms with Crippen LogP contribution in [-0.2, 0) is 0 Å². The molecule has 0 spiro atoms. The van der Waals surface area contributed by atoms with E-state index < -0.39 is 0 Å². The first kappa shape index (κ1) is 16.0. The molecule has 0 N–H and O–H groups in total. The Labute approximate surface area is 138 Å². The van der Waals surface area contributed by atoms with Crippen LogP contribution in [0.4, 0.5) is 0 Å². The van der Waals surface area contributed by atoms with Gasteiger partial charge >= 0.3 is 0 Å². The molecular weight excluding hydrogens is 292 g/mol. The van der Waals surface area contributed by atoms with Crippen LogP contribution in [0, 0.1) is 0 Å². The molecule has 0 unspecified atom stereocenters. The summed E-state index contributed by atoms with van der Waals surface area (Å²) < 4.78 is 0. The molecule has 0 radical (unpaired) electrons. The first-order chi connectivity index (χ1) is 10.7. The Hall–Kier alpha value is -0.870. The molecule has 22 heavy (non-hydrogen) atoms. The Bertz CT molecular complexity index is 505. The fourth-order valence-electron chi connectivity index (χ4n) is 3.84. The minimum absolute atomic E-state index is 0.265. The van der Waals surface area contributed by atoms with Crippen LogP contribution < -0.4 is 0 Å². The van der Waals surface area contributed by atoms with Crippen molar-refractivity contribution >= 4 is 17.2 Å². The van der Waals surface area contributed by atoms with E-state index in [1.54, 1.807) is 11.3 Å². The third-order valence-electron chi connectivity index (χ3n) is 5.15. The second-order valence-corrected chi connectivity index (χ2v) is 7.90. The smallest absolute Gasteiger partial charge is 0.264 e. The second-order valence-electron chi connectivity index (χ2n) is 6.98. The summed E-state index contributed by atoms with van der Waals surface area (Å²) in [6, 6.07) is 2.82. The van der Waals surface area contributed by atoms with Gasteiger partial charge in [-0.3, -0.25) is 4.79 Å². The Morgan fingerprint density at radius 1 is 1.14 bits per heavy atom. The molecule has 0 aliphatic carbocycles. The van der Waals surface area contributed by atoms with Crippen molar-refractivity contribution < 1.29 is 4.79 Å². The van der Waals surface area contributed by atoms with E-state index in [-0.39, 0.29) is 5.91 Å². The average Bonchev–Trinajstić information content (AvgIpc) is 3.14. The van der Waals surface area contributed by atoms with E-state index in [1.165, 1.54) is 37.9 Å². The van der Waals surface area contributed by atoms with Gasteiger partial charge in [0.05, 0.1) is 4.88 Å². The first-order valence-corrected chi connectivity index (χ1v) is 9.65. The van der Waals surface area contributed by atoms with E-state index in [4.69, 9.17) is 0 Å². The van der Waals surface area contributed by atoms with Crippen LogP contribution in [0.25, 0.3) is 0 Å². The minimum Gasteiger partial charge on any atom is -0.338 e. The summed E-state index contributed by atoms with van der Waals surface area (Å²) in [7, 11) is 0. The van der Waals surface area contributed by atoms with Gasteiger partial charge in [0.1, 0.15) is 0 Å². The molecule has 122 valence electrons. The van der Waals surface area contributed by atoms with E-state index in [2.05, 4.69) is 35.1 Å². The third-order valence-corrected chi connectivity index (χ3v) is 6.07. The van der Waals surface area contributed by atoms with Gasteiger partial charge in [0, 0.05) is 19.1 Å². The van der Waals surface area contributed by atoms with Gasteiger partial charge in [-0.05, 0) is 68.1 Å². The molecule has 3 nitrogen and oxygen atoms in total. The number of hydrogen-bond donors (Lipinski definition) is 0. The van der Waals surface area contributed by atoms with Gasteiger partial charge in [0.25, 0.3) is 5.91 Å². The SMILES string of the molecule is CC(C)c1ccsc1C(=O)N1CCC[C@@H](N2CCCC2)CC1. The van der Waals surface area contributed by atoms with Crippen LogP contribution in [0.2, 0.25) is 0 Å². The molecule has 0 saturated carbocycles. The maximum absolute atomic E-state index is 12.9. The number of amides is 1. The average molecular weight is 321 g/mol. The molecule has 2 saturated heterocycles. The van der Waals surface area contributed by atoms with E-state index in [9.17, 15) is 4.79 Å². The van der Waals surface area contributed by atoms with Crippen molar-refractivity contribution in [3.63, 3.8) is 0 Å². The zero-order chi connectivity index (χ0) is 15.5. The van der Waals surface area contributed by atoms with Crippen LogP contribution in [0.5, 0.6) is 0 Å². The number of thiophene rings is 1. The van der Waals surface area contributed by atoms with Gasteiger partial charge < -0.3 is 9.80 Å². The van der Waals surface area contributed by atoms with Gasteiger partial charge in [0.15, 0.2) is 0 Å². The zero-order valence-corrected chi connectivity index (χ0v) is 14.7. The Morgan fingerprint density at radius 3 is 2.64 bits per heavy atom. The maximum atomic E-state index is 12.9. The summed E-state index contributed by atoms with van der Waals surface area (Å²) in [5.41, 5.74) is 1.22. The number of carbonyl (C=O) groups excluding carboxylic acids is 1. The summed E-state index contributed by atoms with van der Waals surface area (Å²) in [5.74, 6) is 0.690. The summed E-state index contributed by atoms with van der Waals surface area (Å²) in [5, 5.41) is 2.06. The number of hydrogen-bond acceptors (Lipinski definition) is 3. The predicted octanol–water partition coefficient (Wildman–Crippen LogP) is 3.96. The Morgan fingerprint density at radius 2 is 1.91 bits per heavy atom. The van der Waals surface area contributed by atoms with Crippen molar-refractivity contribution in [3.05, 3.63) is 21.9 Å². The highest BCUT2D eigenvalue weighted by Crippen LogP contribution is 2.28. The van der Waals surface area contributed by atoms with Crippen molar-refractivity contribution in [2.45, 2.75) is 57.9 Å². The molecule has 2 aliphatic heterocycles.